The van der Waals surface area contributed by atoms with Crippen molar-refractivity contribution in [3.05, 3.63) is 47.8 Å². The summed E-state index contributed by atoms with van der Waals surface area (Å²) in [7, 11) is 2.03. The Labute approximate surface area is 112 Å². The third kappa shape index (κ3) is 1.94. The number of rotatable bonds is 1. The van der Waals surface area contributed by atoms with Gasteiger partial charge in [-0.2, -0.15) is 0 Å². The summed E-state index contributed by atoms with van der Waals surface area (Å²) in [5, 5.41) is 12.7. The molecule has 1 aliphatic rings. The molecule has 2 aromatic rings. The fraction of sp³-hybridized carbons (Fsp3) is 0.375. The highest BCUT2D eigenvalue weighted by Crippen LogP contribution is 2.37. The minimum atomic E-state index is -0.808. The molecular formula is C16H18FNO. The van der Waals surface area contributed by atoms with Gasteiger partial charge >= 0.3 is 0 Å². The number of halogens is 1. The molecule has 1 saturated heterocycles. The second-order valence-electron chi connectivity index (χ2n) is 5.54. The first kappa shape index (κ1) is 12.6. The van der Waals surface area contributed by atoms with Crippen molar-refractivity contribution in [2.24, 2.45) is 0 Å². The molecule has 2 atom stereocenters. The number of hydrogen-bond donors (Lipinski definition) is 1. The van der Waals surface area contributed by atoms with Crippen LogP contribution < -0.4 is 0 Å². The minimum absolute atomic E-state index is 0.0883. The molecule has 100 valence electrons. The monoisotopic (exact) mass is 259 g/mol. The summed E-state index contributed by atoms with van der Waals surface area (Å²) in [4.78, 5) is 2.16. The second kappa shape index (κ2) is 4.29. The molecule has 3 heteroatoms. The zero-order valence-electron chi connectivity index (χ0n) is 11.2. The lowest BCUT2D eigenvalue weighted by molar-refractivity contribution is 0.0110. The van der Waals surface area contributed by atoms with Gasteiger partial charge in [0.2, 0.25) is 0 Å². The van der Waals surface area contributed by atoms with E-state index in [1.807, 2.05) is 32.2 Å². The predicted molar refractivity (Wildman–Crippen MR) is 74.5 cm³/mol. The van der Waals surface area contributed by atoms with Crippen LogP contribution >= 0.6 is 0 Å². The van der Waals surface area contributed by atoms with Crippen LogP contribution in [0.5, 0.6) is 0 Å². The van der Waals surface area contributed by atoms with E-state index in [1.165, 1.54) is 12.1 Å². The number of likely N-dealkylation sites (N-methyl/N-ethyl adjacent to an activating group) is 1. The molecule has 2 nitrogen and oxygen atoms in total. The SMILES string of the molecule is C[C@H]1N(C)CC[C@]1(O)c1ccc2cc(F)ccc2c1. The molecule has 0 amide bonds. The van der Waals surface area contributed by atoms with Crippen LogP contribution in [0.25, 0.3) is 10.8 Å². The molecule has 3 rings (SSSR count). The summed E-state index contributed by atoms with van der Waals surface area (Å²) in [6.45, 7) is 2.93. The normalized spacial score (nSPS) is 28.1. The van der Waals surface area contributed by atoms with Gasteiger partial charge in [0.25, 0.3) is 0 Å². The first-order valence-electron chi connectivity index (χ1n) is 6.63. The van der Waals surface area contributed by atoms with Gasteiger partial charge in [0, 0.05) is 12.6 Å². The maximum Gasteiger partial charge on any atom is 0.123 e. The third-order valence-electron chi connectivity index (χ3n) is 4.50. The number of aliphatic hydroxyl groups is 1. The fourth-order valence-corrected chi connectivity index (χ4v) is 2.99. The number of hydrogen-bond acceptors (Lipinski definition) is 2. The summed E-state index contributed by atoms with van der Waals surface area (Å²) >= 11 is 0. The molecule has 0 aromatic heterocycles. The lowest BCUT2D eigenvalue weighted by atomic mass is 9.86. The van der Waals surface area contributed by atoms with Gasteiger partial charge in [-0.3, -0.25) is 0 Å². The number of fused-ring (bicyclic) bond motifs is 1. The predicted octanol–water partition coefficient (Wildman–Crippen LogP) is 2.89. The van der Waals surface area contributed by atoms with E-state index >= 15 is 0 Å². The number of likely N-dealkylation sites (tertiary alicyclic amines) is 1. The molecule has 1 heterocycles. The molecule has 0 aliphatic carbocycles. The van der Waals surface area contributed by atoms with Crippen molar-refractivity contribution in [3.63, 3.8) is 0 Å². The topological polar surface area (TPSA) is 23.5 Å². The zero-order chi connectivity index (χ0) is 13.6. The fourth-order valence-electron chi connectivity index (χ4n) is 2.99. The number of nitrogens with zero attached hydrogens (tertiary/aromatic N) is 1. The molecule has 0 unspecified atom stereocenters. The van der Waals surface area contributed by atoms with Crippen molar-refractivity contribution >= 4 is 10.8 Å². The van der Waals surface area contributed by atoms with Gasteiger partial charge in [-0.1, -0.05) is 18.2 Å². The summed E-state index contributed by atoms with van der Waals surface area (Å²) in [6.07, 6.45) is 0.734. The Hall–Kier alpha value is -1.45. The molecule has 1 aliphatic heterocycles. The Bertz CT molecular complexity index is 627. The molecule has 2 aromatic carbocycles. The standard InChI is InChI=1S/C16H18FNO/c1-11-16(19,7-8-18(11)2)14-5-3-13-10-15(17)6-4-12(13)9-14/h3-6,9-11,19H,7-8H2,1-2H3/t11-,16-/m1/s1. The van der Waals surface area contributed by atoms with E-state index < -0.39 is 5.60 Å². The third-order valence-corrected chi connectivity index (χ3v) is 4.50. The van der Waals surface area contributed by atoms with E-state index in [0.29, 0.717) is 0 Å². The van der Waals surface area contributed by atoms with Crippen molar-refractivity contribution in [1.82, 2.24) is 4.90 Å². The average molecular weight is 259 g/mol. The Morgan fingerprint density at radius 3 is 2.58 bits per heavy atom. The van der Waals surface area contributed by atoms with E-state index in [2.05, 4.69) is 4.90 Å². The molecule has 1 N–H and O–H groups in total. The molecule has 19 heavy (non-hydrogen) atoms. The van der Waals surface area contributed by atoms with E-state index in [9.17, 15) is 9.50 Å². The Morgan fingerprint density at radius 1 is 1.21 bits per heavy atom. The Morgan fingerprint density at radius 2 is 1.89 bits per heavy atom. The van der Waals surface area contributed by atoms with Gasteiger partial charge in [-0.15, -0.1) is 0 Å². The summed E-state index contributed by atoms with van der Waals surface area (Å²) in [6, 6.07) is 10.6. The summed E-state index contributed by atoms with van der Waals surface area (Å²) < 4.78 is 13.2. The van der Waals surface area contributed by atoms with Crippen LogP contribution in [0.4, 0.5) is 4.39 Å². The van der Waals surface area contributed by atoms with Crippen LogP contribution in [0.3, 0.4) is 0 Å². The van der Waals surface area contributed by atoms with Gasteiger partial charge in [0.1, 0.15) is 11.4 Å². The highest BCUT2D eigenvalue weighted by Gasteiger charge is 2.43. The van der Waals surface area contributed by atoms with Crippen LogP contribution in [0.2, 0.25) is 0 Å². The van der Waals surface area contributed by atoms with Crippen molar-refractivity contribution in [1.29, 1.82) is 0 Å². The van der Waals surface area contributed by atoms with E-state index in [1.54, 1.807) is 6.07 Å². The molecule has 0 bridgehead atoms. The summed E-state index contributed by atoms with van der Waals surface area (Å²) in [5.41, 5.74) is 0.112. The average Bonchev–Trinajstić information content (AvgIpc) is 2.67. The Kier molecular flexibility index (Phi) is 2.84. The number of benzene rings is 2. The van der Waals surface area contributed by atoms with E-state index in [-0.39, 0.29) is 11.9 Å². The van der Waals surface area contributed by atoms with E-state index in [4.69, 9.17) is 0 Å². The van der Waals surface area contributed by atoms with Crippen LogP contribution in [-0.2, 0) is 5.60 Å². The highest BCUT2D eigenvalue weighted by molar-refractivity contribution is 5.83. The second-order valence-corrected chi connectivity index (χ2v) is 5.54. The molecule has 0 saturated carbocycles. The first-order valence-corrected chi connectivity index (χ1v) is 6.63. The lowest BCUT2D eigenvalue weighted by Gasteiger charge is -2.30. The minimum Gasteiger partial charge on any atom is -0.383 e. The van der Waals surface area contributed by atoms with E-state index in [0.717, 1.165) is 29.3 Å². The molecular weight excluding hydrogens is 241 g/mol. The molecule has 0 spiro atoms. The van der Waals surface area contributed by atoms with Crippen molar-refractivity contribution in [2.75, 3.05) is 13.6 Å². The van der Waals surface area contributed by atoms with Crippen LogP contribution in [0, 0.1) is 5.82 Å². The van der Waals surface area contributed by atoms with Crippen molar-refractivity contribution in [3.8, 4) is 0 Å². The smallest absolute Gasteiger partial charge is 0.123 e. The van der Waals surface area contributed by atoms with Gasteiger partial charge in [0.05, 0.1) is 0 Å². The van der Waals surface area contributed by atoms with Crippen LogP contribution in [-0.4, -0.2) is 29.6 Å². The lowest BCUT2D eigenvalue weighted by Crippen LogP contribution is -2.38. The van der Waals surface area contributed by atoms with Crippen LogP contribution in [0.1, 0.15) is 18.9 Å². The first-order chi connectivity index (χ1) is 9.00. The Balaban J connectivity index is 2.09. The van der Waals surface area contributed by atoms with Gasteiger partial charge in [0.15, 0.2) is 0 Å². The molecule has 0 radical (unpaired) electrons. The molecule has 1 fully saturated rings. The zero-order valence-corrected chi connectivity index (χ0v) is 11.2. The summed E-state index contributed by atoms with van der Waals surface area (Å²) in [5.74, 6) is -0.229. The van der Waals surface area contributed by atoms with Crippen molar-refractivity contribution in [2.45, 2.75) is 25.0 Å². The van der Waals surface area contributed by atoms with Gasteiger partial charge < -0.3 is 10.0 Å². The maximum atomic E-state index is 13.2. The highest BCUT2D eigenvalue weighted by atomic mass is 19.1. The largest absolute Gasteiger partial charge is 0.383 e. The van der Waals surface area contributed by atoms with Crippen molar-refractivity contribution < 1.29 is 9.50 Å². The van der Waals surface area contributed by atoms with Gasteiger partial charge in [-0.25, -0.2) is 4.39 Å². The van der Waals surface area contributed by atoms with Crippen LogP contribution in [0.15, 0.2) is 36.4 Å². The maximum absolute atomic E-state index is 13.2. The van der Waals surface area contributed by atoms with Gasteiger partial charge in [-0.05, 0) is 54.9 Å². The quantitative estimate of drug-likeness (QED) is 0.851.